The fourth-order valence-corrected chi connectivity index (χ4v) is 0.954. The molecular weight excluding hydrogens is 126 g/mol. The van der Waals surface area contributed by atoms with Crippen LogP contribution in [0.3, 0.4) is 0 Å². The second-order valence-corrected chi connectivity index (χ2v) is 2.44. The molecule has 0 bridgehead atoms. The average Bonchev–Trinajstić information content (AvgIpc) is 1.88. The zero-order valence-corrected chi connectivity index (χ0v) is 7.05. The fourth-order valence-electron chi connectivity index (χ4n) is 0.954. The van der Waals surface area contributed by atoms with Crippen LogP contribution in [-0.4, -0.2) is 23.4 Å². The van der Waals surface area contributed by atoms with Gasteiger partial charge < -0.3 is 4.90 Å². The van der Waals surface area contributed by atoms with Crippen molar-refractivity contribution in [1.29, 1.82) is 0 Å². The lowest BCUT2D eigenvalue weighted by Gasteiger charge is -2.25. The smallest absolute Gasteiger partial charge is 0.223 e. The summed E-state index contributed by atoms with van der Waals surface area (Å²) in [6.07, 6.45) is 0.995. The van der Waals surface area contributed by atoms with Gasteiger partial charge in [-0.25, -0.2) is 0 Å². The van der Waals surface area contributed by atoms with Gasteiger partial charge in [-0.2, -0.15) is 0 Å². The van der Waals surface area contributed by atoms with E-state index in [2.05, 4.69) is 13.8 Å². The minimum Gasteiger partial charge on any atom is -0.340 e. The Labute approximate surface area is 63.2 Å². The van der Waals surface area contributed by atoms with Gasteiger partial charge in [0.15, 0.2) is 0 Å². The van der Waals surface area contributed by atoms with Crippen molar-refractivity contribution in [2.75, 3.05) is 6.54 Å². The SMILES string of the molecule is [CH2]C(=O)N(CC)C(C)CC. The van der Waals surface area contributed by atoms with E-state index in [-0.39, 0.29) is 5.91 Å². The molecule has 0 spiro atoms. The molecule has 1 radical (unpaired) electrons. The molecule has 0 fully saturated rings. The number of hydrogen-bond acceptors (Lipinski definition) is 1. The minimum absolute atomic E-state index is 0.0724. The Hall–Kier alpha value is -0.530. The molecule has 0 aliphatic heterocycles. The zero-order valence-electron chi connectivity index (χ0n) is 7.05. The molecule has 59 valence electrons. The van der Waals surface area contributed by atoms with Crippen LogP contribution in [0.15, 0.2) is 0 Å². The topological polar surface area (TPSA) is 20.3 Å². The van der Waals surface area contributed by atoms with Crippen molar-refractivity contribution in [3.05, 3.63) is 6.92 Å². The molecule has 0 heterocycles. The van der Waals surface area contributed by atoms with Gasteiger partial charge in [-0.05, 0) is 20.3 Å². The zero-order chi connectivity index (χ0) is 8.15. The van der Waals surface area contributed by atoms with Crippen LogP contribution >= 0.6 is 0 Å². The van der Waals surface area contributed by atoms with Gasteiger partial charge in [0.05, 0.1) is 0 Å². The number of carbonyl (C=O) groups is 1. The summed E-state index contributed by atoms with van der Waals surface area (Å²) in [5, 5.41) is 0. The molecule has 1 atom stereocenters. The van der Waals surface area contributed by atoms with Gasteiger partial charge in [-0.3, -0.25) is 4.79 Å². The Balaban J connectivity index is 3.92. The van der Waals surface area contributed by atoms with E-state index < -0.39 is 0 Å². The van der Waals surface area contributed by atoms with Crippen LogP contribution < -0.4 is 0 Å². The summed E-state index contributed by atoms with van der Waals surface area (Å²) in [6.45, 7) is 10.2. The molecular formula is C8H16NO. The first kappa shape index (κ1) is 9.47. The Kier molecular flexibility index (Phi) is 4.08. The van der Waals surface area contributed by atoms with Crippen LogP contribution in [0, 0.1) is 6.92 Å². The fraction of sp³-hybridized carbons (Fsp3) is 0.750. The van der Waals surface area contributed by atoms with Crippen LogP contribution in [0.1, 0.15) is 27.2 Å². The van der Waals surface area contributed by atoms with E-state index in [1.165, 1.54) is 0 Å². The van der Waals surface area contributed by atoms with E-state index >= 15 is 0 Å². The maximum absolute atomic E-state index is 10.8. The van der Waals surface area contributed by atoms with E-state index in [1.807, 2.05) is 13.8 Å². The number of amides is 1. The van der Waals surface area contributed by atoms with Gasteiger partial charge in [-0.15, -0.1) is 0 Å². The normalized spacial score (nSPS) is 12.8. The van der Waals surface area contributed by atoms with Gasteiger partial charge in [0.2, 0.25) is 5.91 Å². The van der Waals surface area contributed by atoms with Gasteiger partial charge in [0, 0.05) is 19.5 Å². The first-order valence-electron chi connectivity index (χ1n) is 3.76. The van der Waals surface area contributed by atoms with Crippen LogP contribution in [0.5, 0.6) is 0 Å². The van der Waals surface area contributed by atoms with E-state index in [0.717, 1.165) is 13.0 Å². The standard InChI is InChI=1S/C8H16NO/c1-5-7(3)9(6-2)8(4)10/h7H,4-6H2,1-3H3. The van der Waals surface area contributed by atoms with E-state index in [9.17, 15) is 4.79 Å². The van der Waals surface area contributed by atoms with Crippen molar-refractivity contribution in [1.82, 2.24) is 4.90 Å². The van der Waals surface area contributed by atoms with Crippen LogP contribution in [0.4, 0.5) is 0 Å². The Morgan fingerprint density at radius 3 is 2.20 bits per heavy atom. The number of nitrogens with zero attached hydrogens (tertiary/aromatic N) is 1. The van der Waals surface area contributed by atoms with Crippen LogP contribution in [-0.2, 0) is 4.79 Å². The second kappa shape index (κ2) is 4.31. The Morgan fingerprint density at radius 1 is 1.60 bits per heavy atom. The number of hydrogen-bond donors (Lipinski definition) is 0. The third-order valence-electron chi connectivity index (χ3n) is 1.78. The lowest BCUT2D eigenvalue weighted by atomic mass is 10.2. The molecule has 0 aliphatic carbocycles. The van der Waals surface area contributed by atoms with Crippen molar-refractivity contribution < 1.29 is 4.79 Å². The summed E-state index contributed by atoms with van der Waals surface area (Å²) >= 11 is 0. The van der Waals surface area contributed by atoms with E-state index in [4.69, 9.17) is 0 Å². The Bertz CT molecular complexity index is 112. The van der Waals surface area contributed by atoms with E-state index in [1.54, 1.807) is 4.90 Å². The van der Waals surface area contributed by atoms with Crippen molar-refractivity contribution in [3.8, 4) is 0 Å². The molecule has 2 nitrogen and oxygen atoms in total. The molecule has 10 heavy (non-hydrogen) atoms. The summed E-state index contributed by atoms with van der Waals surface area (Å²) in [5.41, 5.74) is 0. The van der Waals surface area contributed by atoms with Crippen LogP contribution in [0.25, 0.3) is 0 Å². The monoisotopic (exact) mass is 142 g/mol. The molecule has 0 aliphatic rings. The molecule has 0 aromatic rings. The summed E-state index contributed by atoms with van der Waals surface area (Å²) in [7, 11) is 0. The third-order valence-corrected chi connectivity index (χ3v) is 1.78. The lowest BCUT2D eigenvalue weighted by molar-refractivity contribution is -0.128. The molecule has 0 rings (SSSR count). The number of rotatable bonds is 3. The average molecular weight is 142 g/mol. The molecule has 2 heteroatoms. The first-order valence-corrected chi connectivity index (χ1v) is 3.76. The largest absolute Gasteiger partial charge is 0.340 e. The van der Waals surface area contributed by atoms with E-state index in [0.29, 0.717) is 6.04 Å². The maximum atomic E-state index is 10.8. The van der Waals surface area contributed by atoms with Crippen molar-refractivity contribution in [2.24, 2.45) is 0 Å². The maximum Gasteiger partial charge on any atom is 0.223 e. The number of carbonyl (C=O) groups excluding carboxylic acids is 1. The van der Waals surface area contributed by atoms with Crippen molar-refractivity contribution >= 4 is 5.91 Å². The predicted octanol–water partition coefficient (Wildman–Crippen LogP) is 1.47. The summed E-state index contributed by atoms with van der Waals surface area (Å²) in [4.78, 5) is 12.6. The van der Waals surface area contributed by atoms with Gasteiger partial charge in [0.1, 0.15) is 0 Å². The van der Waals surface area contributed by atoms with Gasteiger partial charge in [-0.1, -0.05) is 6.92 Å². The molecule has 0 saturated heterocycles. The summed E-state index contributed by atoms with van der Waals surface area (Å²) in [5.74, 6) is -0.0724. The highest BCUT2D eigenvalue weighted by Crippen LogP contribution is 2.01. The second-order valence-electron chi connectivity index (χ2n) is 2.44. The molecule has 0 aromatic heterocycles. The molecule has 1 amide bonds. The van der Waals surface area contributed by atoms with Crippen LogP contribution in [0.2, 0.25) is 0 Å². The summed E-state index contributed by atoms with van der Waals surface area (Å²) in [6, 6.07) is 0.329. The minimum atomic E-state index is -0.0724. The molecule has 0 aromatic carbocycles. The summed E-state index contributed by atoms with van der Waals surface area (Å²) < 4.78 is 0. The lowest BCUT2D eigenvalue weighted by Crippen LogP contribution is -2.36. The molecule has 0 saturated carbocycles. The molecule has 1 unspecified atom stereocenters. The third kappa shape index (κ3) is 2.38. The first-order chi connectivity index (χ1) is 4.63. The Morgan fingerprint density at radius 2 is 2.10 bits per heavy atom. The highest BCUT2D eigenvalue weighted by molar-refractivity contribution is 5.80. The van der Waals surface area contributed by atoms with Crippen molar-refractivity contribution in [3.63, 3.8) is 0 Å². The molecule has 0 N–H and O–H groups in total. The predicted molar refractivity (Wildman–Crippen MR) is 42.5 cm³/mol. The quantitative estimate of drug-likeness (QED) is 0.584. The highest BCUT2D eigenvalue weighted by Gasteiger charge is 2.11. The highest BCUT2D eigenvalue weighted by atomic mass is 16.2. The van der Waals surface area contributed by atoms with Gasteiger partial charge >= 0.3 is 0 Å². The van der Waals surface area contributed by atoms with Gasteiger partial charge in [0.25, 0.3) is 0 Å². The van der Waals surface area contributed by atoms with Crippen molar-refractivity contribution in [2.45, 2.75) is 33.2 Å².